The maximum Gasteiger partial charge on any atom is 0.220 e. The Morgan fingerprint density at radius 2 is 1.72 bits per heavy atom. The molecule has 0 atom stereocenters. The Balaban J connectivity index is 2.60. The number of nitrogens with two attached hydrogens (primary N) is 1. The number of hydrogen-bond donors (Lipinski definition) is 1. The summed E-state index contributed by atoms with van der Waals surface area (Å²) >= 11 is 0. The van der Waals surface area contributed by atoms with Crippen LogP contribution in [0.1, 0.15) is 16.8 Å². The normalized spacial score (nSPS) is 10.4. The number of ether oxygens (including phenoxy) is 1. The Kier molecular flexibility index (Phi) is 3.19. The van der Waals surface area contributed by atoms with Gasteiger partial charge in [0.1, 0.15) is 5.75 Å². The first-order valence-corrected chi connectivity index (χ1v) is 5.78. The van der Waals surface area contributed by atoms with Crippen molar-refractivity contribution in [1.82, 2.24) is 9.97 Å². The van der Waals surface area contributed by atoms with Crippen LogP contribution in [0.2, 0.25) is 0 Å². The molecule has 0 spiro atoms. The highest BCUT2D eigenvalue weighted by Crippen LogP contribution is 2.29. The van der Waals surface area contributed by atoms with Gasteiger partial charge < -0.3 is 10.5 Å². The smallest absolute Gasteiger partial charge is 0.220 e. The van der Waals surface area contributed by atoms with E-state index < -0.39 is 0 Å². The molecule has 0 saturated carbocycles. The zero-order valence-corrected chi connectivity index (χ0v) is 11.1. The molecule has 0 fully saturated rings. The summed E-state index contributed by atoms with van der Waals surface area (Å²) in [6.07, 6.45) is 0. The van der Waals surface area contributed by atoms with Crippen LogP contribution in [0.15, 0.2) is 18.2 Å². The van der Waals surface area contributed by atoms with E-state index in [1.165, 1.54) is 0 Å². The molecule has 2 N–H and O–H groups in total. The molecule has 0 amide bonds. The monoisotopic (exact) mass is 243 g/mol. The van der Waals surface area contributed by atoms with E-state index in [1.54, 1.807) is 7.11 Å². The second-order valence-corrected chi connectivity index (χ2v) is 4.39. The fraction of sp³-hybridized carbons (Fsp3) is 0.286. The maximum absolute atomic E-state index is 5.69. The van der Waals surface area contributed by atoms with Crippen molar-refractivity contribution in [2.24, 2.45) is 0 Å². The average Bonchev–Trinajstić information content (AvgIpc) is 2.30. The molecule has 0 bridgehead atoms. The third kappa shape index (κ3) is 2.27. The van der Waals surface area contributed by atoms with Gasteiger partial charge in [-0.05, 0) is 50.1 Å². The van der Waals surface area contributed by atoms with Gasteiger partial charge in [0, 0.05) is 11.3 Å². The van der Waals surface area contributed by atoms with Crippen LogP contribution in [0.4, 0.5) is 5.95 Å². The first-order valence-electron chi connectivity index (χ1n) is 5.78. The molecule has 0 aliphatic heterocycles. The average molecular weight is 243 g/mol. The number of benzene rings is 1. The van der Waals surface area contributed by atoms with Gasteiger partial charge in [0.25, 0.3) is 0 Å². The number of anilines is 1. The van der Waals surface area contributed by atoms with Crippen molar-refractivity contribution in [3.8, 4) is 17.0 Å². The fourth-order valence-corrected chi connectivity index (χ4v) is 2.02. The fourth-order valence-electron chi connectivity index (χ4n) is 2.02. The van der Waals surface area contributed by atoms with E-state index in [0.29, 0.717) is 5.95 Å². The van der Waals surface area contributed by atoms with Crippen molar-refractivity contribution in [2.45, 2.75) is 20.8 Å². The molecule has 0 aliphatic rings. The predicted molar refractivity (Wildman–Crippen MR) is 72.6 cm³/mol. The molecule has 1 aromatic heterocycles. The number of aromatic nitrogens is 2. The van der Waals surface area contributed by atoms with Crippen molar-refractivity contribution in [3.63, 3.8) is 0 Å². The first-order chi connectivity index (χ1) is 8.51. The van der Waals surface area contributed by atoms with E-state index in [4.69, 9.17) is 10.5 Å². The number of methoxy groups -OCH3 is 1. The first kappa shape index (κ1) is 12.4. The minimum Gasteiger partial charge on any atom is -0.496 e. The molecular formula is C14H17N3O. The van der Waals surface area contributed by atoms with Crippen LogP contribution >= 0.6 is 0 Å². The van der Waals surface area contributed by atoms with Crippen molar-refractivity contribution in [2.75, 3.05) is 12.8 Å². The summed E-state index contributed by atoms with van der Waals surface area (Å²) in [4.78, 5) is 8.38. The van der Waals surface area contributed by atoms with Crippen LogP contribution in [0.3, 0.4) is 0 Å². The molecule has 0 saturated heterocycles. The third-order valence-electron chi connectivity index (χ3n) is 2.89. The van der Waals surface area contributed by atoms with Gasteiger partial charge in [-0.2, -0.15) is 0 Å². The molecule has 1 heterocycles. The largest absolute Gasteiger partial charge is 0.496 e. The summed E-state index contributed by atoms with van der Waals surface area (Å²) in [6.45, 7) is 5.96. The van der Waals surface area contributed by atoms with E-state index in [2.05, 4.69) is 16.0 Å². The number of rotatable bonds is 2. The zero-order chi connectivity index (χ0) is 13.3. The van der Waals surface area contributed by atoms with Crippen LogP contribution in [0.5, 0.6) is 5.75 Å². The van der Waals surface area contributed by atoms with Gasteiger partial charge in [0.05, 0.1) is 12.8 Å². The number of nitrogen functional groups attached to an aromatic ring is 1. The highest BCUT2D eigenvalue weighted by Gasteiger charge is 2.09. The Morgan fingerprint density at radius 3 is 2.33 bits per heavy atom. The van der Waals surface area contributed by atoms with Crippen LogP contribution in [-0.4, -0.2) is 17.1 Å². The lowest BCUT2D eigenvalue weighted by Gasteiger charge is -2.11. The summed E-state index contributed by atoms with van der Waals surface area (Å²) in [6, 6.07) is 6.01. The molecule has 2 aromatic rings. The van der Waals surface area contributed by atoms with Gasteiger partial charge in [-0.1, -0.05) is 0 Å². The predicted octanol–water partition coefficient (Wildman–Crippen LogP) is 2.66. The summed E-state index contributed by atoms with van der Waals surface area (Å²) < 4.78 is 5.31. The lowest BCUT2D eigenvalue weighted by Crippen LogP contribution is -1.99. The van der Waals surface area contributed by atoms with Gasteiger partial charge in [0.2, 0.25) is 5.95 Å². The summed E-state index contributed by atoms with van der Waals surface area (Å²) in [5, 5.41) is 0. The Morgan fingerprint density at radius 1 is 1.00 bits per heavy atom. The second kappa shape index (κ2) is 4.64. The molecule has 0 unspecified atom stereocenters. The molecule has 4 heteroatoms. The Labute approximate surface area is 107 Å². The number of aryl methyl sites for hydroxylation is 3. The molecule has 1 aromatic carbocycles. The molecule has 2 rings (SSSR count). The summed E-state index contributed by atoms with van der Waals surface area (Å²) in [5.74, 6) is 1.19. The third-order valence-corrected chi connectivity index (χ3v) is 2.89. The van der Waals surface area contributed by atoms with Crippen molar-refractivity contribution >= 4 is 5.95 Å². The molecule has 94 valence electrons. The summed E-state index contributed by atoms with van der Waals surface area (Å²) in [7, 11) is 1.67. The molecule has 0 aliphatic carbocycles. The van der Waals surface area contributed by atoms with E-state index in [0.717, 1.165) is 33.8 Å². The van der Waals surface area contributed by atoms with Crippen molar-refractivity contribution < 1.29 is 4.74 Å². The van der Waals surface area contributed by atoms with Crippen LogP contribution in [-0.2, 0) is 0 Å². The topological polar surface area (TPSA) is 61.0 Å². The minimum atomic E-state index is 0.304. The van der Waals surface area contributed by atoms with Gasteiger partial charge >= 0.3 is 0 Å². The quantitative estimate of drug-likeness (QED) is 0.880. The maximum atomic E-state index is 5.69. The van der Waals surface area contributed by atoms with Gasteiger partial charge in [-0.25, -0.2) is 9.97 Å². The van der Waals surface area contributed by atoms with Crippen LogP contribution < -0.4 is 10.5 Å². The SMILES string of the molecule is COc1cc(C)c(-c2cc(C)nc(N)n2)cc1C. The number of hydrogen-bond acceptors (Lipinski definition) is 4. The van der Waals surface area contributed by atoms with E-state index in [-0.39, 0.29) is 0 Å². The standard InChI is InChI=1S/C14H17N3O/c1-8-6-13(18-4)9(2)5-11(8)12-7-10(3)16-14(15)17-12/h5-7H,1-4H3,(H2,15,16,17). The lowest BCUT2D eigenvalue weighted by atomic mass is 10.0. The van der Waals surface area contributed by atoms with Crippen molar-refractivity contribution in [1.29, 1.82) is 0 Å². The molecule has 0 radical (unpaired) electrons. The van der Waals surface area contributed by atoms with Crippen LogP contribution in [0.25, 0.3) is 11.3 Å². The van der Waals surface area contributed by atoms with Gasteiger partial charge in [-0.15, -0.1) is 0 Å². The second-order valence-electron chi connectivity index (χ2n) is 4.39. The van der Waals surface area contributed by atoms with E-state index in [9.17, 15) is 0 Å². The number of nitrogens with zero attached hydrogens (tertiary/aromatic N) is 2. The summed E-state index contributed by atoms with van der Waals surface area (Å²) in [5.41, 5.74) is 10.7. The van der Waals surface area contributed by atoms with Gasteiger partial charge in [0.15, 0.2) is 0 Å². The van der Waals surface area contributed by atoms with Gasteiger partial charge in [-0.3, -0.25) is 0 Å². The van der Waals surface area contributed by atoms with Crippen LogP contribution in [0, 0.1) is 20.8 Å². The van der Waals surface area contributed by atoms with E-state index >= 15 is 0 Å². The lowest BCUT2D eigenvalue weighted by molar-refractivity contribution is 0.411. The molecule has 4 nitrogen and oxygen atoms in total. The molecular weight excluding hydrogens is 226 g/mol. The Hall–Kier alpha value is -2.10. The zero-order valence-electron chi connectivity index (χ0n) is 11.1. The highest BCUT2D eigenvalue weighted by atomic mass is 16.5. The minimum absolute atomic E-state index is 0.304. The Bertz CT molecular complexity index is 574. The van der Waals surface area contributed by atoms with Crippen molar-refractivity contribution in [3.05, 3.63) is 35.0 Å². The molecule has 18 heavy (non-hydrogen) atoms. The highest BCUT2D eigenvalue weighted by molar-refractivity contribution is 5.67. The van der Waals surface area contributed by atoms with E-state index in [1.807, 2.05) is 32.9 Å².